The molecule has 0 aliphatic carbocycles. The zero-order valence-corrected chi connectivity index (χ0v) is 16.6. The number of aliphatic hydroxyl groups excluding tert-OH is 1. The van der Waals surface area contributed by atoms with Crippen LogP contribution in [-0.4, -0.2) is 53.1 Å². The first-order chi connectivity index (χ1) is 13.5. The van der Waals surface area contributed by atoms with Crippen molar-refractivity contribution in [2.75, 3.05) is 42.1 Å². The van der Waals surface area contributed by atoms with Crippen LogP contribution in [0.3, 0.4) is 0 Å². The Morgan fingerprint density at radius 2 is 1.46 bits per heavy atom. The fourth-order valence-corrected chi connectivity index (χ4v) is 2.74. The van der Waals surface area contributed by atoms with Crippen molar-refractivity contribution in [1.82, 2.24) is 5.32 Å². The zero-order chi connectivity index (χ0) is 20.7. The summed E-state index contributed by atoms with van der Waals surface area (Å²) in [6.07, 6.45) is -0.935. The average molecular weight is 391 g/mol. The number of aliphatic hydroxyl groups is 1. The van der Waals surface area contributed by atoms with E-state index in [2.05, 4.69) is 5.32 Å². The molecule has 8 heteroatoms. The van der Waals surface area contributed by atoms with Gasteiger partial charge in [0.05, 0.1) is 47.2 Å². The molecule has 0 aliphatic rings. The van der Waals surface area contributed by atoms with Gasteiger partial charge in [-0.25, -0.2) is 0 Å². The first-order valence-electron chi connectivity index (χ1n) is 8.47. The molecule has 8 nitrogen and oxygen atoms in total. The quantitative estimate of drug-likeness (QED) is 0.676. The topological polar surface area (TPSA) is 95.5 Å². The maximum atomic E-state index is 12.6. The van der Waals surface area contributed by atoms with Crippen LogP contribution in [0.1, 0.15) is 22.0 Å². The molecule has 1 atom stereocenters. The van der Waals surface area contributed by atoms with E-state index in [1.807, 2.05) is 0 Å². The van der Waals surface area contributed by atoms with Crippen LogP contribution in [0.15, 0.2) is 30.3 Å². The Morgan fingerprint density at radius 3 is 2.04 bits per heavy atom. The van der Waals surface area contributed by atoms with Crippen LogP contribution in [-0.2, 0) is 0 Å². The molecule has 0 aliphatic heterocycles. The molecular weight excluding hydrogens is 366 g/mol. The van der Waals surface area contributed by atoms with E-state index in [0.29, 0.717) is 28.6 Å². The van der Waals surface area contributed by atoms with E-state index in [-0.39, 0.29) is 17.9 Å². The molecule has 2 aromatic rings. The molecule has 0 aromatic heterocycles. The van der Waals surface area contributed by atoms with Crippen LogP contribution in [0.5, 0.6) is 28.7 Å². The summed E-state index contributed by atoms with van der Waals surface area (Å²) < 4.78 is 26.2. The number of carbonyl (C=O) groups excluding carboxylic acids is 1. The second-order valence-electron chi connectivity index (χ2n) is 5.72. The van der Waals surface area contributed by atoms with Crippen molar-refractivity contribution in [3.8, 4) is 28.7 Å². The van der Waals surface area contributed by atoms with Gasteiger partial charge in [0.2, 0.25) is 5.75 Å². The minimum absolute atomic E-state index is 0.00812. The molecule has 0 spiro atoms. The first kappa shape index (κ1) is 21.2. The maximum Gasteiger partial charge on any atom is 0.255 e. The summed E-state index contributed by atoms with van der Waals surface area (Å²) in [6, 6.07) is 8.23. The molecule has 2 aromatic carbocycles. The van der Waals surface area contributed by atoms with Crippen molar-refractivity contribution in [3.63, 3.8) is 0 Å². The van der Waals surface area contributed by atoms with Gasteiger partial charge in [-0.05, 0) is 29.8 Å². The standard InChI is InChI=1S/C20H25NO7/c1-24-15-8-6-12(10-17(15)26-3)14(22)11-21-20(23)13-7-9-16(25-2)19(28-5)18(13)27-4/h6-10,14,22H,11H2,1-5H3,(H,21,23). The van der Waals surface area contributed by atoms with Crippen molar-refractivity contribution in [2.24, 2.45) is 0 Å². The van der Waals surface area contributed by atoms with Gasteiger partial charge in [0.25, 0.3) is 5.91 Å². The van der Waals surface area contributed by atoms with E-state index in [0.717, 1.165) is 0 Å². The summed E-state index contributed by atoms with van der Waals surface area (Å²) >= 11 is 0. The second kappa shape index (κ2) is 9.70. The molecule has 1 unspecified atom stereocenters. The fraction of sp³-hybridized carbons (Fsp3) is 0.350. The van der Waals surface area contributed by atoms with E-state index in [9.17, 15) is 9.90 Å². The number of methoxy groups -OCH3 is 5. The van der Waals surface area contributed by atoms with Gasteiger partial charge in [0, 0.05) is 6.54 Å². The third-order valence-electron chi connectivity index (χ3n) is 4.20. The number of hydrogen-bond donors (Lipinski definition) is 2. The summed E-state index contributed by atoms with van der Waals surface area (Å²) in [7, 11) is 7.44. The molecule has 0 fully saturated rings. The molecule has 1 amide bonds. The maximum absolute atomic E-state index is 12.6. The highest BCUT2D eigenvalue weighted by Crippen LogP contribution is 2.39. The van der Waals surface area contributed by atoms with Crippen LogP contribution in [0.25, 0.3) is 0 Å². The molecular formula is C20H25NO7. The fourth-order valence-electron chi connectivity index (χ4n) is 2.74. The minimum Gasteiger partial charge on any atom is -0.493 e. The normalized spacial score (nSPS) is 11.4. The van der Waals surface area contributed by atoms with Crippen molar-refractivity contribution in [2.45, 2.75) is 6.10 Å². The van der Waals surface area contributed by atoms with Gasteiger partial charge >= 0.3 is 0 Å². The Balaban J connectivity index is 2.16. The van der Waals surface area contributed by atoms with Crippen LogP contribution in [0.2, 0.25) is 0 Å². The highest BCUT2D eigenvalue weighted by Gasteiger charge is 2.21. The number of rotatable bonds is 9. The molecule has 0 radical (unpaired) electrons. The number of amides is 1. The summed E-state index contributed by atoms with van der Waals surface area (Å²) in [5, 5.41) is 13.1. The Bertz CT molecular complexity index is 822. The lowest BCUT2D eigenvalue weighted by Gasteiger charge is -2.17. The van der Waals surface area contributed by atoms with Crippen LogP contribution < -0.4 is 29.0 Å². The van der Waals surface area contributed by atoms with Crippen molar-refractivity contribution in [1.29, 1.82) is 0 Å². The average Bonchev–Trinajstić information content (AvgIpc) is 2.75. The van der Waals surface area contributed by atoms with Crippen LogP contribution in [0, 0.1) is 0 Å². The van der Waals surface area contributed by atoms with E-state index < -0.39 is 12.0 Å². The summed E-state index contributed by atoms with van der Waals surface area (Å²) in [6.45, 7) is -0.00812. The lowest BCUT2D eigenvalue weighted by atomic mass is 10.1. The smallest absolute Gasteiger partial charge is 0.255 e. The van der Waals surface area contributed by atoms with Gasteiger partial charge in [-0.2, -0.15) is 0 Å². The molecule has 2 rings (SSSR count). The number of ether oxygens (including phenoxy) is 5. The van der Waals surface area contributed by atoms with E-state index in [1.54, 1.807) is 30.3 Å². The Hall–Kier alpha value is -3.13. The first-order valence-corrected chi connectivity index (χ1v) is 8.47. The van der Waals surface area contributed by atoms with Crippen molar-refractivity contribution < 1.29 is 33.6 Å². The third-order valence-corrected chi connectivity index (χ3v) is 4.20. The molecule has 0 saturated heterocycles. The highest BCUT2D eigenvalue weighted by atomic mass is 16.5. The number of carbonyl (C=O) groups is 1. The molecule has 2 N–H and O–H groups in total. The predicted molar refractivity (Wildman–Crippen MR) is 103 cm³/mol. The summed E-state index contributed by atoms with van der Waals surface area (Å²) in [4.78, 5) is 12.6. The second-order valence-corrected chi connectivity index (χ2v) is 5.72. The lowest BCUT2D eigenvalue weighted by Crippen LogP contribution is -2.28. The zero-order valence-electron chi connectivity index (χ0n) is 16.6. The Labute approximate surface area is 163 Å². The van der Waals surface area contributed by atoms with Crippen LogP contribution in [0.4, 0.5) is 0 Å². The molecule has 0 heterocycles. The minimum atomic E-state index is -0.935. The van der Waals surface area contributed by atoms with E-state index >= 15 is 0 Å². The Morgan fingerprint density at radius 1 is 0.857 bits per heavy atom. The molecule has 0 saturated carbocycles. The van der Waals surface area contributed by atoms with Gasteiger partial charge in [0.15, 0.2) is 23.0 Å². The van der Waals surface area contributed by atoms with Gasteiger partial charge in [-0.15, -0.1) is 0 Å². The number of hydrogen-bond acceptors (Lipinski definition) is 7. The molecule has 0 bridgehead atoms. The van der Waals surface area contributed by atoms with Crippen molar-refractivity contribution in [3.05, 3.63) is 41.5 Å². The largest absolute Gasteiger partial charge is 0.493 e. The van der Waals surface area contributed by atoms with Gasteiger partial charge < -0.3 is 34.1 Å². The van der Waals surface area contributed by atoms with Gasteiger partial charge in [-0.3, -0.25) is 4.79 Å². The van der Waals surface area contributed by atoms with Gasteiger partial charge in [0.1, 0.15) is 0 Å². The highest BCUT2D eigenvalue weighted by molar-refractivity contribution is 5.98. The lowest BCUT2D eigenvalue weighted by molar-refractivity contribution is 0.0912. The Kier molecular flexibility index (Phi) is 7.34. The van der Waals surface area contributed by atoms with Gasteiger partial charge in [-0.1, -0.05) is 6.07 Å². The SMILES string of the molecule is COc1ccc(C(O)CNC(=O)c2ccc(OC)c(OC)c2OC)cc1OC. The summed E-state index contributed by atoms with van der Waals surface area (Å²) in [5.74, 6) is 1.64. The monoisotopic (exact) mass is 391 g/mol. The van der Waals surface area contributed by atoms with Crippen molar-refractivity contribution >= 4 is 5.91 Å². The number of benzene rings is 2. The molecule has 28 heavy (non-hydrogen) atoms. The third kappa shape index (κ3) is 4.40. The molecule has 152 valence electrons. The van der Waals surface area contributed by atoms with Crippen LogP contribution >= 0.6 is 0 Å². The predicted octanol–water partition coefficient (Wildman–Crippen LogP) is 2.19. The van der Waals surface area contributed by atoms with E-state index in [4.69, 9.17) is 23.7 Å². The summed E-state index contributed by atoms with van der Waals surface area (Å²) in [5.41, 5.74) is 0.844. The van der Waals surface area contributed by atoms with E-state index in [1.165, 1.54) is 35.5 Å². The number of nitrogens with one attached hydrogen (secondary N) is 1.